The third-order valence-electron chi connectivity index (χ3n) is 3.75. The van der Waals surface area contributed by atoms with Gasteiger partial charge in [0.2, 0.25) is 10.0 Å². The molecule has 7 heteroatoms. The second-order valence-electron chi connectivity index (χ2n) is 6.66. The smallest absolute Gasteiger partial charge is 0.251 e. The number of benzene rings is 1. The first-order chi connectivity index (χ1) is 10.7. The van der Waals surface area contributed by atoms with Gasteiger partial charge in [0.25, 0.3) is 5.91 Å². The fourth-order valence-electron chi connectivity index (χ4n) is 2.46. The minimum atomic E-state index is -3.53. The van der Waals surface area contributed by atoms with Crippen molar-refractivity contribution in [2.45, 2.75) is 43.5 Å². The van der Waals surface area contributed by atoms with E-state index in [0.717, 1.165) is 19.3 Å². The standard InChI is InChI=1S/C16H25N3O3S/c1-16(2,17)12-18-15(20)13-7-6-8-14(11-13)23(21,22)19-9-4-3-5-10-19/h6-8,11H,3-5,9-10,12,17H2,1-2H3,(H,18,20). The van der Waals surface area contributed by atoms with Crippen LogP contribution in [-0.2, 0) is 10.0 Å². The topological polar surface area (TPSA) is 92.5 Å². The van der Waals surface area contributed by atoms with Gasteiger partial charge in [-0.1, -0.05) is 12.5 Å². The van der Waals surface area contributed by atoms with Crippen molar-refractivity contribution >= 4 is 15.9 Å². The van der Waals surface area contributed by atoms with Crippen LogP contribution in [0.5, 0.6) is 0 Å². The molecule has 0 aromatic heterocycles. The van der Waals surface area contributed by atoms with Gasteiger partial charge in [0.05, 0.1) is 4.90 Å². The fraction of sp³-hybridized carbons (Fsp3) is 0.562. The van der Waals surface area contributed by atoms with Gasteiger partial charge in [-0.3, -0.25) is 4.79 Å². The van der Waals surface area contributed by atoms with Crippen molar-refractivity contribution in [2.75, 3.05) is 19.6 Å². The molecular formula is C16H25N3O3S. The molecule has 0 unspecified atom stereocenters. The number of carbonyl (C=O) groups is 1. The number of nitrogens with zero attached hydrogens (tertiary/aromatic N) is 1. The number of nitrogens with one attached hydrogen (secondary N) is 1. The molecule has 2 rings (SSSR count). The molecule has 0 atom stereocenters. The van der Waals surface area contributed by atoms with Crippen molar-refractivity contribution in [3.63, 3.8) is 0 Å². The van der Waals surface area contributed by atoms with Crippen molar-refractivity contribution in [3.8, 4) is 0 Å². The summed E-state index contributed by atoms with van der Waals surface area (Å²) >= 11 is 0. The van der Waals surface area contributed by atoms with E-state index in [4.69, 9.17) is 5.73 Å². The Labute approximate surface area is 138 Å². The first kappa shape index (κ1) is 17.9. The maximum Gasteiger partial charge on any atom is 0.251 e. The highest BCUT2D eigenvalue weighted by Crippen LogP contribution is 2.21. The quantitative estimate of drug-likeness (QED) is 0.846. The summed E-state index contributed by atoms with van der Waals surface area (Å²) in [6.07, 6.45) is 2.82. The van der Waals surface area contributed by atoms with E-state index < -0.39 is 15.6 Å². The Bertz CT molecular complexity index is 659. The highest BCUT2D eigenvalue weighted by molar-refractivity contribution is 7.89. The first-order valence-electron chi connectivity index (χ1n) is 7.87. The summed E-state index contributed by atoms with van der Waals surface area (Å²) < 4.78 is 26.8. The molecule has 1 aromatic rings. The van der Waals surface area contributed by atoms with Crippen LogP contribution in [0.25, 0.3) is 0 Å². The zero-order chi connectivity index (χ0) is 17.1. The van der Waals surface area contributed by atoms with Crippen molar-refractivity contribution in [1.82, 2.24) is 9.62 Å². The van der Waals surface area contributed by atoms with Gasteiger partial charge in [-0.25, -0.2) is 8.42 Å². The molecule has 6 nitrogen and oxygen atoms in total. The first-order valence-corrected chi connectivity index (χ1v) is 9.31. The Hall–Kier alpha value is -1.44. The number of rotatable bonds is 5. The molecule has 1 aliphatic rings. The van der Waals surface area contributed by atoms with Gasteiger partial charge in [-0.15, -0.1) is 0 Å². The van der Waals surface area contributed by atoms with Gasteiger partial charge in [0, 0.05) is 30.7 Å². The lowest BCUT2D eigenvalue weighted by Crippen LogP contribution is -2.45. The predicted molar refractivity (Wildman–Crippen MR) is 89.7 cm³/mol. The molecular weight excluding hydrogens is 314 g/mol. The number of hydrogen-bond donors (Lipinski definition) is 2. The number of piperidine rings is 1. The Balaban J connectivity index is 2.17. The zero-order valence-electron chi connectivity index (χ0n) is 13.7. The van der Waals surface area contributed by atoms with Crippen molar-refractivity contribution < 1.29 is 13.2 Å². The summed E-state index contributed by atoms with van der Waals surface area (Å²) in [5, 5.41) is 2.72. The molecule has 1 fully saturated rings. The molecule has 3 N–H and O–H groups in total. The highest BCUT2D eigenvalue weighted by atomic mass is 32.2. The van der Waals surface area contributed by atoms with Crippen LogP contribution in [-0.4, -0.2) is 43.8 Å². The Morgan fingerprint density at radius 3 is 2.52 bits per heavy atom. The van der Waals surface area contributed by atoms with Crippen LogP contribution < -0.4 is 11.1 Å². The zero-order valence-corrected chi connectivity index (χ0v) is 14.5. The van der Waals surface area contributed by atoms with E-state index in [1.165, 1.54) is 16.4 Å². The van der Waals surface area contributed by atoms with Gasteiger partial charge >= 0.3 is 0 Å². The van der Waals surface area contributed by atoms with E-state index in [1.54, 1.807) is 12.1 Å². The molecule has 128 valence electrons. The molecule has 0 aliphatic carbocycles. The minimum Gasteiger partial charge on any atom is -0.350 e. The normalized spacial score (nSPS) is 17.0. The third-order valence-corrected chi connectivity index (χ3v) is 5.65. The molecule has 1 heterocycles. The lowest BCUT2D eigenvalue weighted by Gasteiger charge is -2.26. The summed E-state index contributed by atoms with van der Waals surface area (Å²) in [6, 6.07) is 6.17. The molecule has 0 spiro atoms. The summed E-state index contributed by atoms with van der Waals surface area (Å²) in [5.41, 5.74) is 5.65. The monoisotopic (exact) mass is 339 g/mol. The molecule has 0 saturated carbocycles. The summed E-state index contributed by atoms with van der Waals surface area (Å²) in [6.45, 7) is 5.02. The second-order valence-corrected chi connectivity index (χ2v) is 8.60. The third kappa shape index (κ3) is 4.76. The van der Waals surface area contributed by atoms with E-state index in [9.17, 15) is 13.2 Å². The van der Waals surface area contributed by atoms with Gasteiger partial charge in [-0.05, 0) is 44.9 Å². The summed E-state index contributed by atoms with van der Waals surface area (Å²) in [5.74, 6) is -0.320. The fourth-order valence-corrected chi connectivity index (χ4v) is 4.03. The molecule has 0 bridgehead atoms. The van der Waals surface area contributed by atoms with Crippen molar-refractivity contribution in [2.24, 2.45) is 5.73 Å². The lowest BCUT2D eigenvalue weighted by atomic mass is 10.1. The number of carbonyl (C=O) groups excluding carboxylic acids is 1. The van der Waals surface area contributed by atoms with Crippen molar-refractivity contribution in [1.29, 1.82) is 0 Å². The van der Waals surface area contributed by atoms with E-state index in [-0.39, 0.29) is 10.8 Å². The average molecular weight is 339 g/mol. The molecule has 1 aromatic carbocycles. The maximum atomic E-state index is 12.7. The average Bonchev–Trinajstić information content (AvgIpc) is 2.53. The largest absolute Gasteiger partial charge is 0.350 e. The summed E-state index contributed by atoms with van der Waals surface area (Å²) in [4.78, 5) is 12.3. The van der Waals surface area contributed by atoms with Crippen molar-refractivity contribution in [3.05, 3.63) is 29.8 Å². The van der Waals surface area contributed by atoms with Crippen LogP contribution in [0.4, 0.5) is 0 Å². The highest BCUT2D eigenvalue weighted by Gasteiger charge is 2.26. The SMILES string of the molecule is CC(C)(N)CNC(=O)c1cccc(S(=O)(=O)N2CCCCC2)c1. The second kappa shape index (κ2) is 6.98. The van der Waals surface area contributed by atoms with E-state index in [1.807, 2.05) is 13.8 Å². The molecule has 0 radical (unpaired) electrons. The Morgan fingerprint density at radius 1 is 1.26 bits per heavy atom. The molecule has 1 saturated heterocycles. The van der Waals surface area contributed by atoms with Crippen LogP contribution in [0.15, 0.2) is 29.2 Å². The predicted octanol–water partition coefficient (Wildman–Crippen LogP) is 1.33. The minimum absolute atomic E-state index is 0.166. The maximum absolute atomic E-state index is 12.7. The number of hydrogen-bond acceptors (Lipinski definition) is 4. The van der Waals surface area contributed by atoms with E-state index in [0.29, 0.717) is 25.2 Å². The molecule has 23 heavy (non-hydrogen) atoms. The van der Waals surface area contributed by atoms with E-state index >= 15 is 0 Å². The van der Waals surface area contributed by atoms with E-state index in [2.05, 4.69) is 5.32 Å². The van der Waals surface area contributed by atoms with Gasteiger partial charge < -0.3 is 11.1 Å². The van der Waals surface area contributed by atoms with Crippen LogP contribution in [0.2, 0.25) is 0 Å². The van der Waals surface area contributed by atoms with Crippen LogP contribution >= 0.6 is 0 Å². The number of nitrogens with two attached hydrogens (primary N) is 1. The Morgan fingerprint density at radius 2 is 1.91 bits per heavy atom. The molecule has 1 amide bonds. The number of amides is 1. The van der Waals surface area contributed by atoms with Crippen LogP contribution in [0.3, 0.4) is 0 Å². The van der Waals surface area contributed by atoms with Crippen LogP contribution in [0, 0.1) is 0 Å². The van der Waals surface area contributed by atoms with Crippen LogP contribution in [0.1, 0.15) is 43.5 Å². The van der Waals surface area contributed by atoms with Gasteiger partial charge in [0.15, 0.2) is 0 Å². The summed E-state index contributed by atoms with van der Waals surface area (Å²) in [7, 11) is -3.53. The Kier molecular flexibility index (Phi) is 5.44. The van der Waals surface area contributed by atoms with Gasteiger partial charge in [0.1, 0.15) is 0 Å². The van der Waals surface area contributed by atoms with Gasteiger partial charge in [-0.2, -0.15) is 4.31 Å². The number of sulfonamides is 1. The lowest BCUT2D eigenvalue weighted by molar-refractivity contribution is 0.0946. The molecule has 1 aliphatic heterocycles.